The second-order valence-electron chi connectivity index (χ2n) is 6.35. The first-order valence-electron chi connectivity index (χ1n) is 7.90. The van der Waals surface area contributed by atoms with Gasteiger partial charge in [-0.25, -0.2) is 9.78 Å². The standard InChI is InChI=1S/C16H26N2O2S/c1-5-11(3)13-14(15(19)20)21-16(17-13)18(4)12-8-6-10(2)7-9-12/h10-12H,5-9H2,1-4H3,(H,19,20). The highest BCUT2D eigenvalue weighted by Crippen LogP contribution is 2.35. The summed E-state index contributed by atoms with van der Waals surface area (Å²) in [7, 11) is 2.06. The Morgan fingerprint density at radius 2 is 2.05 bits per heavy atom. The maximum atomic E-state index is 11.4. The average Bonchev–Trinajstić information content (AvgIpc) is 2.92. The number of rotatable bonds is 5. The summed E-state index contributed by atoms with van der Waals surface area (Å²) in [5.74, 6) is 0.164. The number of carboxylic acid groups (broad SMARTS) is 1. The molecular weight excluding hydrogens is 284 g/mol. The molecule has 1 aliphatic carbocycles. The second-order valence-corrected chi connectivity index (χ2v) is 7.33. The number of aromatic carboxylic acids is 1. The van der Waals surface area contributed by atoms with E-state index < -0.39 is 5.97 Å². The van der Waals surface area contributed by atoms with E-state index in [0.29, 0.717) is 10.9 Å². The third kappa shape index (κ3) is 3.57. The first-order valence-corrected chi connectivity index (χ1v) is 8.72. The Morgan fingerprint density at radius 3 is 2.57 bits per heavy atom. The second kappa shape index (κ2) is 6.77. The summed E-state index contributed by atoms with van der Waals surface area (Å²) in [6.07, 6.45) is 5.78. The number of carbonyl (C=O) groups is 1. The molecular formula is C16H26N2O2S. The maximum absolute atomic E-state index is 11.4. The molecule has 1 aromatic rings. The van der Waals surface area contributed by atoms with Crippen LogP contribution in [0.2, 0.25) is 0 Å². The van der Waals surface area contributed by atoms with Crippen molar-refractivity contribution in [2.24, 2.45) is 5.92 Å². The molecule has 0 spiro atoms. The van der Waals surface area contributed by atoms with Gasteiger partial charge in [0.2, 0.25) is 0 Å². The van der Waals surface area contributed by atoms with Crippen molar-refractivity contribution in [3.05, 3.63) is 10.6 Å². The largest absolute Gasteiger partial charge is 0.477 e. The Morgan fingerprint density at radius 1 is 1.43 bits per heavy atom. The van der Waals surface area contributed by atoms with Gasteiger partial charge in [-0.15, -0.1) is 0 Å². The van der Waals surface area contributed by atoms with Crippen LogP contribution in [0.3, 0.4) is 0 Å². The molecule has 0 aliphatic heterocycles. The van der Waals surface area contributed by atoms with E-state index in [1.807, 2.05) is 6.92 Å². The van der Waals surface area contributed by atoms with Crippen molar-refractivity contribution in [2.75, 3.05) is 11.9 Å². The number of aromatic nitrogens is 1. The Bertz CT molecular complexity index is 492. The molecule has 5 heteroatoms. The third-order valence-electron chi connectivity index (χ3n) is 4.75. The number of hydrogen-bond donors (Lipinski definition) is 1. The van der Waals surface area contributed by atoms with Gasteiger partial charge in [-0.2, -0.15) is 0 Å². The Hall–Kier alpha value is -1.10. The van der Waals surface area contributed by atoms with E-state index in [1.54, 1.807) is 0 Å². The van der Waals surface area contributed by atoms with Gasteiger partial charge in [0.15, 0.2) is 5.13 Å². The Labute approximate surface area is 131 Å². The molecule has 21 heavy (non-hydrogen) atoms. The average molecular weight is 310 g/mol. The zero-order valence-corrected chi connectivity index (χ0v) is 14.2. The monoisotopic (exact) mass is 310 g/mol. The van der Waals surface area contributed by atoms with E-state index in [9.17, 15) is 9.90 Å². The summed E-state index contributed by atoms with van der Waals surface area (Å²) < 4.78 is 0. The lowest BCUT2D eigenvalue weighted by Crippen LogP contribution is -2.34. The van der Waals surface area contributed by atoms with Crippen LogP contribution >= 0.6 is 11.3 Å². The van der Waals surface area contributed by atoms with Crippen LogP contribution in [-0.2, 0) is 0 Å². The zero-order chi connectivity index (χ0) is 15.6. The number of hydrogen-bond acceptors (Lipinski definition) is 4. The summed E-state index contributed by atoms with van der Waals surface area (Å²) in [5.41, 5.74) is 0.751. The zero-order valence-electron chi connectivity index (χ0n) is 13.4. The van der Waals surface area contributed by atoms with E-state index >= 15 is 0 Å². The molecule has 0 saturated heterocycles. The molecule has 1 unspecified atom stereocenters. The fourth-order valence-corrected chi connectivity index (χ4v) is 4.00. The molecule has 1 fully saturated rings. The maximum Gasteiger partial charge on any atom is 0.347 e. The molecule has 2 rings (SSSR count). The van der Waals surface area contributed by atoms with Crippen molar-refractivity contribution in [3.8, 4) is 0 Å². The highest BCUT2D eigenvalue weighted by atomic mass is 32.1. The molecule has 118 valence electrons. The van der Waals surface area contributed by atoms with Gasteiger partial charge in [0.25, 0.3) is 0 Å². The van der Waals surface area contributed by atoms with E-state index in [-0.39, 0.29) is 5.92 Å². The molecule has 1 aromatic heterocycles. The predicted molar refractivity (Wildman–Crippen MR) is 87.6 cm³/mol. The lowest BCUT2D eigenvalue weighted by Gasteiger charge is -2.33. The fraction of sp³-hybridized carbons (Fsp3) is 0.750. The number of carboxylic acids is 1. The van der Waals surface area contributed by atoms with Crippen LogP contribution in [0.25, 0.3) is 0 Å². The van der Waals surface area contributed by atoms with Gasteiger partial charge in [-0.05, 0) is 43.9 Å². The van der Waals surface area contributed by atoms with Crippen molar-refractivity contribution in [1.29, 1.82) is 0 Å². The molecule has 1 N–H and O–H groups in total. The molecule has 1 saturated carbocycles. The van der Waals surface area contributed by atoms with E-state index in [1.165, 1.54) is 37.0 Å². The third-order valence-corrected chi connectivity index (χ3v) is 5.90. The van der Waals surface area contributed by atoms with Crippen LogP contribution in [0, 0.1) is 5.92 Å². The van der Waals surface area contributed by atoms with Gasteiger partial charge >= 0.3 is 5.97 Å². The molecule has 4 nitrogen and oxygen atoms in total. The fourth-order valence-electron chi connectivity index (χ4n) is 2.94. The van der Waals surface area contributed by atoms with Gasteiger partial charge < -0.3 is 10.0 Å². The SMILES string of the molecule is CCC(C)c1nc(N(C)C2CCC(C)CC2)sc1C(=O)O. The minimum Gasteiger partial charge on any atom is -0.477 e. The summed E-state index contributed by atoms with van der Waals surface area (Å²) in [6.45, 7) is 6.43. The highest BCUT2D eigenvalue weighted by molar-refractivity contribution is 7.17. The van der Waals surface area contributed by atoms with Crippen molar-refractivity contribution >= 4 is 22.4 Å². The minimum absolute atomic E-state index is 0.195. The van der Waals surface area contributed by atoms with E-state index in [0.717, 1.165) is 23.2 Å². The van der Waals surface area contributed by atoms with Crippen LogP contribution in [0.4, 0.5) is 5.13 Å². The van der Waals surface area contributed by atoms with Crippen molar-refractivity contribution in [3.63, 3.8) is 0 Å². The number of nitrogens with zero attached hydrogens (tertiary/aromatic N) is 2. The molecule has 0 amide bonds. The van der Waals surface area contributed by atoms with Crippen LogP contribution in [0.1, 0.15) is 74.2 Å². The number of anilines is 1. The molecule has 0 bridgehead atoms. The van der Waals surface area contributed by atoms with Crippen LogP contribution in [0.5, 0.6) is 0 Å². The summed E-state index contributed by atoms with van der Waals surface area (Å²) in [6, 6.07) is 0.499. The quantitative estimate of drug-likeness (QED) is 0.877. The smallest absolute Gasteiger partial charge is 0.347 e. The lowest BCUT2D eigenvalue weighted by atomic mass is 9.87. The van der Waals surface area contributed by atoms with Crippen LogP contribution < -0.4 is 4.90 Å². The summed E-state index contributed by atoms with van der Waals surface area (Å²) in [5, 5.41) is 10.3. The van der Waals surface area contributed by atoms with Gasteiger partial charge in [0.05, 0.1) is 5.69 Å². The van der Waals surface area contributed by atoms with Crippen LogP contribution in [0.15, 0.2) is 0 Å². The van der Waals surface area contributed by atoms with Gasteiger partial charge in [0, 0.05) is 13.1 Å². The molecule has 1 atom stereocenters. The molecule has 1 aliphatic rings. The predicted octanol–water partition coefficient (Wildman–Crippen LogP) is 4.37. The molecule has 0 radical (unpaired) electrons. The first kappa shape index (κ1) is 16.3. The van der Waals surface area contributed by atoms with E-state index in [4.69, 9.17) is 0 Å². The van der Waals surface area contributed by atoms with Gasteiger partial charge in [0.1, 0.15) is 4.88 Å². The normalized spacial score (nSPS) is 23.8. The molecule has 1 heterocycles. The number of thiazole rings is 1. The first-order chi connectivity index (χ1) is 9.93. The van der Waals surface area contributed by atoms with Crippen molar-refractivity contribution in [1.82, 2.24) is 4.98 Å². The van der Waals surface area contributed by atoms with Crippen LogP contribution in [-0.4, -0.2) is 29.1 Å². The van der Waals surface area contributed by atoms with E-state index in [2.05, 4.69) is 30.8 Å². The van der Waals surface area contributed by atoms with Crippen molar-refractivity contribution < 1.29 is 9.90 Å². The lowest BCUT2D eigenvalue weighted by molar-refractivity contribution is 0.0700. The topological polar surface area (TPSA) is 53.4 Å². The summed E-state index contributed by atoms with van der Waals surface area (Å²) >= 11 is 1.33. The highest BCUT2D eigenvalue weighted by Gasteiger charge is 2.27. The van der Waals surface area contributed by atoms with Gasteiger partial charge in [-0.3, -0.25) is 0 Å². The van der Waals surface area contributed by atoms with Gasteiger partial charge in [-0.1, -0.05) is 32.1 Å². The summed E-state index contributed by atoms with van der Waals surface area (Å²) in [4.78, 5) is 18.7. The minimum atomic E-state index is -0.847. The van der Waals surface area contributed by atoms with Crippen molar-refractivity contribution in [2.45, 2.75) is 64.8 Å². The Balaban J connectivity index is 2.21. The molecule has 0 aromatic carbocycles. The Kier molecular flexibility index (Phi) is 5.25.